The molecular weight excluding hydrogens is 477 g/mol. The van der Waals surface area contributed by atoms with Crippen LogP contribution in [0.1, 0.15) is 51.6 Å². The highest BCUT2D eigenvalue weighted by Crippen LogP contribution is 2.15. The van der Waals surface area contributed by atoms with Gasteiger partial charge in [0.25, 0.3) is 0 Å². The molecule has 0 saturated heterocycles. The minimum Gasteiger partial charge on any atom is -0.374 e. The van der Waals surface area contributed by atoms with E-state index in [1.807, 2.05) is 30.6 Å². The fourth-order valence-electron chi connectivity index (χ4n) is 2.90. The van der Waals surface area contributed by atoms with Gasteiger partial charge in [0, 0.05) is 38.6 Å². The van der Waals surface area contributed by atoms with Gasteiger partial charge < -0.3 is 19.9 Å². The van der Waals surface area contributed by atoms with Crippen LogP contribution in [0.2, 0.25) is 0 Å². The maximum Gasteiger partial charge on any atom is 0.191 e. The number of aromatic nitrogens is 2. The molecule has 1 aromatic heterocycles. The van der Waals surface area contributed by atoms with Gasteiger partial charge in [-0.3, -0.25) is 0 Å². The molecular formula is C22H36IN5O. The molecule has 2 N–H and O–H groups in total. The number of nitrogens with zero attached hydrogens (tertiary/aromatic N) is 3. The van der Waals surface area contributed by atoms with Crippen LogP contribution < -0.4 is 10.6 Å². The molecule has 0 saturated carbocycles. The number of ether oxygens (including phenoxy) is 1. The van der Waals surface area contributed by atoms with Crippen molar-refractivity contribution in [2.45, 2.75) is 53.3 Å². The summed E-state index contributed by atoms with van der Waals surface area (Å²) >= 11 is 0. The number of hydrogen-bond donors (Lipinski definition) is 2. The molecule has 2 rings (SSSR count). The largest absolute Gasteiger partial charge is 0.374 e. The number of imidazole rings is 1. The summed E-state index contributed by atoms with van der Waals surface area (Å²) in [5, 5.41) is 6.67. The molecule has 0 bridgehead atoms. The summed E-state index contributed by atoms with van der Waals surface area (Å²) in [6, 6.07) is 10.3. The van der Waals surface area contributed by atoms with Gasteiger partial charge in [0.2, 0.25) is 0 Å². The Morgan fingerprint density at radius 1 is 1.17 bits per heavy atom. The van der Waals surface area contributed by atoms with E-state index >= 15 is 0 Å². The standard InChI is InChI=1S/C22H35N5O.HI/c1-5-23-22(26-16-21-24-13-14-27(21)17-18(2)3)25-12-9-15-28-19(4)20-10-7-6-8-11-20;/h6-8,10-11,13-14,18-19H,5,9,12,15-17H2,1-4H3,(H2,23,25,26);1H. The molecule has 0 amide bonds. The van der Waals surface area contributed by atoms with E-state index in [9.17, 15) is 0 Å². The maximum absolute atomic E-state index is 5.93. The Balaban J connectivity index is 0.00000420. The third-order valence-corrected chi connectivity index (χ3v) is 4.34. The van der Waals surface area contributed by atoms with Crippen LogP contribution in [0.25, 0.3) is 0 Å². The molecule has 0 radical (unpaired) electrons. The third-order valence-electron chi connectivity index (χ3n) is 4.34. The molecule has 0 aliphatic carbocycles. The van der Waals surface area contributed by atoms with E-state index in [-0.39, 0.29) is 30.1 Å². The Labute approximate surface area is 192 Å². The maximum atomic E-state index is 5.93. The summed E-state index contributed by atoms with van der Waals surface area (Å²) in [6.45, 7) is 12.5. The summed E-state index contributed by atoms with van der Waals surface area (Å²) in [7, 11) is 0. The van der Waals surface area contributed by atoms with Crippen LogP contribution in [-0.4, -0.2) is 35.2 Å². The molecule has 162 valence electrons. The van der Waals surface area contributed by atoms with Gasteiger partial charge in [0.15, 0.2) is 5.96 Å². The molecule has 1 atom stereocenters. The van der Waals surface area contributed by atoms with Gasteiger partial charge in [-0.15, -0.1) is 24.0 Å². The Hall–Kier alpha value is -1.61. The van der Waals surface area contributed by atoms with Crippen LogP contribution in [0.3, 0.4) is 0 Å². The molecule has 7 heteroatoms. The van der Waals surface area contributed by atoms with Gasteiger partial charge in [-0.25, -0.2) is 9.98 Å². The SMILES string of the molecule is CCNC(=NCc1nccn1CC(C)C)NCCCOC(C)c1ccccc1.I. The summed E-state index contributed by atoms with van der Waals surface area (Å²) in [5.74, 6) is 2.39. The van der Waals surface area contributed by atoms with Crippen LogP contribution >= 0.6 is 24.0 Å². The monoisotopic (exact) mass is 513 g/mol. The second-order valence-corrected chi connectivity index (χ2v) is 7.29. The van der Waals surface area contributed by atoms with Crippen molar-refractivity contribution in [3.63, 3.8) is 0 Å². The van der Waals surface area contributed by atoms with Crippen molar-refractivity contribution in [1.82, 2.24) is 20.2 Å². The van der Waals surface area contributed by atoms with Crippen LogP contribution in [0, 0.1) is 5.92 Å². The topological polar surface area (TPSA) is 63.5 Å². The first-order chi connectivity index (χ1) is 13.6. The summed E-state index contributed by atoms with van der Waals surface area (Å²) in [6.07, 6.45) is 4.90. The van der Waals surface area contributed by atoms with E-state index in [1.54, 1.807) is 0 Å². The number of hydrogen-bond acceptors (Lipinski definition) is 3. The van der Waals surface area contributed by atoms with E-state index in [2.05, 4.69) is 65.0 Å². The van der Waals surface area contributed by atoms with E-state index in [0.29, 0.717) is 19.1 Å². The van der Waals surface area contributed by atoms with E-state index in [1.165, 1.54) is 5.56 Å². The minimum atomic E-state index is 0. The zero-order valence-corrected chi connectivity index (χ0v) is 20.4. The molecule has 0 aliphatic rings. The highest BCUT2D eigenvalue weighted by Gasteiger charge is 2.06. The van der Waals surface area contributed by atoms with Crippen molar-refractivity contribution in [2.75, 3.05) is 19.7 Å². The molecule has 0 spiro atoms. The van der Waals surface area contributed by atoms with Crippen molar-refractivity contribution >= 4 is 29.9 Å². The first-order valence-electron chi connectivity index (χ1n) is 10.3. The predicted octanol–water partition coefficient (Wildman–Crippen LogP) is 4.38. The zero-order valence-electron chi connectivity index (χ0n) is 18.1. The molecule has 29 heavy (non-hydrogen) atoms. The Morgan fingerprint density at radius 3 is 2.62 bits per heavy atom. The number of rotatable bonds is 11. The van der Waals surface area contributed by atoms with Gasteiger partial charge in [0.05, 0.1) is 6.10 Å². The van der Waals surface area contributed by atoms with E-state index in [4.69, 9.17) is 4.74 Å². The van der Waals surface area contributed by atoms with Crippen LogP contribution in [0.4, 0.5) is 0 Å². The third kappa shape index (κ3) is 9.62. The lowest BCUT2D eigenvalue weighted by Gasteiger charge is -2.15. The van der Waals surface area contributed by atoms with Crippen molar-refractivity contribution in [1.29, 1.82) is 0 Å². The molecule has 1 heterocycles. The second kappa shape index (κ2) is 14.4. The fourth-order valence-corrected chi connectivity index (χ4v) is 2.90. The number of halogens is 1. The minimum absolute atomic E-state index is 0. The first kappa shape index (κ1) is 25.4. The van der Waals surface area contributed by atoms with Crippen molar-refractivity contribution in [2.24, 2.45) is 10.9 Å². The average molecular weight is 513 g/mol. The highest BCUT2D eigenvalue weighted by molar-refractivity contribution is 14.0. The van der Waals surface area contributed by atoms with Gasteiger partial charge in [-0.05, 0) is 31.7 Å². The smallest absolute Gasteiger partial charge is 0.191 e. The average Bonchev–Trinajstić information content (AvgIpc) is 3.12. The van der Waals surface area contributed by atoms with Crippen molar-refractivity contribution in [3.05, 3.63) is 54.1 Å². The Kier molecular flexibility index (Phi) is 12.6. The lowest BCUT2D eigenvalue weighted by atomic mass is 10.1. The first-order valence-corrected chi connectivity index (χ1v) is 10.3. The molecule has 1 aromatic carbocycles. The zero-order chi connectivity index (χ0) is 20.2. The van der Waals surface area contributed by atoms with Gasteiger partial charge in [-0.2, -0.15) is 0 Å². The molecule has 2 aromatic rings. The Bertz CT molecular complexity index is 702. The fraction of sp³-hybridized carbons (Fsp3) is 0.545. The predicted molar refractivity (Wildman–Crippen MR) is 131 cm³/mol. The molecule has 0 fully saturated rings. The molecule has 1 unspecified atom stereocenters. The quantitative estimate of drug-likeness (QED) is 0.203. The van der Waals surface area contributed by atoms with Crippen LogP contribution in [0.15, 0.2) is 47.7 Å². The van der Waals surface area contributed by atoms with Gasteiger partial charge >= 0.3 is 0 Å². The summed E-state index contributed by atoms with van der Waals surface area (Å²) in [5.41, 5.74) is 1.21. The highest BCUT2D eigenvalue weighted by atomic mass is 127. The summed E-state index contributed by atoms with van der Waals surface area (Å²) < 4.78 is 8.10. The molecule has 6 nitrogen and oxygen atoms in total. The number of aliphatic imine (C=N–C) groups is 1. The normalized spacial score (nSPS) is 12.5. The number of nitrogens with one attached hydrogen (secondary N) is 2. The summed E-state index contributed by atoms with van der Waals surface area (Å²) in [4.78, 5) is 9.11. The van der Waals surface area contributed by atoms with Crippen LogP contribution in [0.5, 0.6) is 0 Å². The van der Waals surface area contributed by atoms with Crippen LogP contribution in [-0.2, 0) is 17.8 Å². The van der Waals surface area contributed by atoms with Crippen molar-refractivity contribution < 1.29 is 4.74 Å². The van der Waals surface area contributed by atoms with E-state index < -0.39 is 0 Å². The van der Waals surface area contributed by atoms with Crippen molar-refractivity contribution in [3.8, 4) is 0 Å². The lowest BCUT2D eigenvalue weighted by Crippen LogP contribution is -2.38. The Morgan fingerprint density at radius 2 is 1.93 bits per heavy atom. The van der Waals surface area contributed by atoms with E-state index in [0.717, 1.165) is 37.8 Å². The van der Waals surface area contributed by atoms with Gasteiger partial charge in [0.1, 0.15) is 12.4 Å². The lowest BCUT2D eigenvalue weighted by molar-refractivity contribution is 0.0646. The second-order valence-electron chi connectivity index (χ2n) is 7.29. The van der Waals surface area contributed by atoms with Gasteiger partial charge in [-0.1, -0.05) is 44.2 Å². The molecule has 0 aliphatic heterocycles. The number of guanidine groups is 1. The number of benzene rings is 1.